The Hall–Kier alpha value is -0.950. The first-order chi connectivity index (χ1) is 9.11. The average Bonchev–Trinajstić information content (AvgIpc) is 2.41. The predicted octanol–water partition coefficient (Wildman–Crippen LogP) is 4.38. The number of aromatic hydroxyl groups is 1. The number of nitrogens with one attached hydrogen (secondary N) is 1. The summed E-state index contributed by atoms with van der Waals surface area (Å²) in [6, 6.07) is 11.8. The van der Waals surface area contributed by atoms with Gasteiger partial charge in [-0.3, -0.25) is 0 Å². The lowest BCUT2D eigenvalue weighted by Crippen LogP contribution is -2.01. The van der Waals surface area contributed by atoms with Crippen LogP contribution in [0.15, 0.2) is 40.9 Å². The highest BCUT2D eigenvalue weighted by atomic mass is 127. The second-order valence-electron chi connectivity index (χ2n) is 3.96. The number of rotatable bonds is 4. The van der Waals surface area contributed by atoms with E-state index in [1.165, 1.54) is 3.57 Å². The molecule has 3 nitrogen and oxygen atoms in total. The summed E-state index contributed by atoms with van der Waals surface area (Å²) in [7, 11) is 1.54. The van der Waals surface area contributed by atoms with Crippen molar-refractivity contribution in [2.75, 3.05) is 12.4 Å². The quantitative estimate of drug-likeness (QED) is 0.703. The van der Waals surface area contributed by atoms with Crippen molar-refractivity contribution in [2.45, 2.75) is 6.54 Å². The Bertz CT molecular complexity index is 590. The first-order valence-electron chi connectivity index (χ1n) is 5.65. The van der Waals surface area contributed by atoms with Crippen LogP contribution >= 0.6 is 38.5 Å². The third-order valence-electron chi connectivity index (χ3n) is 2.66. The Balaban J connectivity index is 2.16. The van der Waals surface area contributed by atoms with Crippen LogP contribution in [0, 0.1) is 3.57 Å². The van der Waals surface area contributed by atoms with Crippen molar-refractivity contribution in [3.8, 4) is 11.5 Å². The molecule has 0 aliphatic heterocycles. The van der Waals surface area contributed by atoms with Crippen LogP contribution in [0.4, 0.5) is 5.69 Å². The van der Waals surface area contributed by atoms with E-state index in [1.54, 1.807) is 7.11 Å². The van der Waals surface area contributed by atoms with Crippen molar-refractivity contribution >= 4 is 44.2 Å². The standard InChI is InChI=1S/C14H13BrINO2/c1-19-13-7-9(6-10(15)14(13)18)8-17-12-5-3-2-4-11(12)16/h2-7,17-18H,8H2,1H3. The molecule has 0 unspecified atom stereocenters. The molecule has 19 heavy (non-hydrogen) atoms. The van der Waals surface area contributed by atoms with Gasteiger partial charge in [0.15, 0.2) is 11.5 Å². The van der Waals surface area contributed by atoms with Crippen LogP contribution in [0.25, 0.3) is 0 Å². The molecule has 0 atom stereocenters. The molecule has 5 heteroatoms. The van der Waals surface area contributed by atoms with E-state index in [0.29, 0.717) is 16.8 Å². The van der Waals surface area contributed by atoms with Crippen molar-refractivity contribution in [1.82, 2.24) is 0 Å². The normalized spacial score (nSPS) is 10.3. The van der Waals surface area contributed by atoms with E-state index in [4.69, 9.17) is 4.74 Å². The predicted molar refractivity (Wildman–Crippen MR) is 88.8 cm³/mol. The first-order valence-corrected chi connectivity index (χ1v) is 7.52. The number of hydrogen-bond acceptors (Lipinski definition) is 3. The number of anilines is 1. The Morgan fingerprint density at radius 3 is 2.74 bits per heavy atom. The van der Waals surface area contributed by atoms with Gasteiger partial charge in [-0.05, 0) is 68.3 Å². The van der Waals surface area contributed by atoms with Gasteiger partial charge in [-0.1, -0.05) is 12.1 Å². The zero-order valence-corrected chi connectivity index (χ0v) is 14.0. The molecule has 0 amide bonds. The van der Waals surface area contributed by atoms with Crippen molar-refractivity contribution in [1.29, 1.82) is 0 Å². The zero-order valence-electron chi connectivity index (χ0n) is 10.3. The first kappa shape index (κ1) is 14.5. The van der Waals surface area contributed by atoms with Crippen LogP contribution in [-0.2, 0) is 6.54 Å². The molecule has 2 N–H and O–H groups in total. The molecule has 2 aromatic carbocycles. The van der Waals surface area contributed by atoms with Crippen molar-refractivity contribution in [3.63, 3.8) is 0 Å². The number of phenols is 1. The molecule has 0 aromatic heterocycles. The van der Waals surface area contributed by atoms with Gasteiger partial charge in [-0.25, -0.2) is 0 Å². The summed E-state index contributed by atoms with van der Waals surface area (Å²) in [4.78, 5) is 0. The smallest absolute Gasteiger partial charge is 0.172 e. The zero-order chi connectivity index (χ0) is 13.8. The minimum atomic E-state index is 0.126. The van der Waals surface area contributed by atoms with Crippen LogP contribution < -0.4 is 10.1 Å². The summed E-state index contributed by atoms with van der Waals surface area (Å²) >= 11 is 5.61. The molecular formula is C14H13BrINO2. The SMILES string of the molecule is COc1cc(CNc2ccccc2I)cc(Br)c1O. The van der Waals surface area contributed by atoms with Crippen LogP contribution in [0.2, 0.25) is 0 Å². The van der Waals surface area contributed by atoms with E-state index >= 15 is 0 Å². The maximum absolute atomic E-state index is 9.76. The van der Waals surface area contributed by atoms with E-state index in [1.807, 2.05) is 30.3 Å². The topological polar surface area (TPSA) is 41.5 Å². The van der Waals surface area contributed by atoms with E-state index in [0.717, 1.165) is 11.3 Å². The Kier molecular flexibility index (Phi) is 4.93. The number of ether oxygens (including phenoxy) is 1. The third-order valence-corrected chi connectivity index (χ3v) is 4.21. The van der Waals surface area contributed by atoms with Gasteiger partial charge in [0.1, 0.15) is 0 Å². The highest BCUT2D eigenvalue weighted by Gasteiger charge is 2.08. The summed E-state index contributed by atoms with van der Waals surface area (Å²) in [6.45, 7) is 0.662. The van der Waals surface area contributed by atoms with Crippen molar-refractivity contribution < 1.29 is 9.84 Å². The molecule has 100 valence electrons. The summed E-state index contributed by atoms with van der Waals surface area (Å²) in [5.41, 5.74) is 2.12. The molecule has 0 aliphatic rings. The number of para-hydroxylation sites is 1. The fourth-order valence-corrected chi connectivity index (χ4v) is 2.75. The lowest BCUT2D eigenvalue weighted by Gasteiger charge is -2.11. The fraction of sp³-hybridized carbons (Fsp3) is 0.143. The fourth-order valence-electron chi connectivity index (χ4n) is 1.69. The van der Waals surface area contributed by atoms with Gasteiger partial charge in [-0.2, -0.15) is 0 Å². The number of methoxy groups -OCH3 is 1. The largest absolute Gasteiger partial charge is 0.503 e. The van der Waals surface area contributed by atoms with Gasteiger partial charge in [0, 0.05) is 15.8 Å². The molecule has 0 bridgehead atoms. The molecule has 0 heterocycles. The monoisotopic (exact) mass is 433 g/mol. The molecule has 2 rings (SSSR count). The Labute approximate surface area is 134 Å². The van der Waals surface area contributed by atoms with Crippen molar-refractivity contribution in [2.24, 2.45) is 0 Å². The highest BCUT2D eigenvalue weighted by Crippen LogP contribution is 2.35. The second-order valence-corrected chi connectivity index (χ2v) is 5.98. The minimum Gasteiger partial charge on any atom is -0.503 e. The lowest BCUT2D eigenvalue weighted by molar-refractivity contribution is 0.371. The van der Waals surface area contributed by atoms with Gasteiger partial charge >= 0.3 is 0 Å². The number of halogens is 2. The summed E-state index contributed by atoms with van der Waals surface area (Å²) in [5.74, 6) is 0.592. The van der Waals surface area contributed by atoms with Gasteiger partial charge in [-0.15, -0.1) is 0 Å². The molecule has 0 fully saturated rings. The molecule has 0 radical (unpaired) electrons. The van der Waals surface area contributed by atoms with Crippen LogP contribution in [0.1, 0.15) is 5.56 Å². The van der Waals surface area contributed by atoms with Crippen LogP contribution in [0.5, 0.6) is 11.5 Å². The molecule has 0 saturated heterocycles. The molecule has 2 aromatic rings. The van der Waals surface area contributed by atoms with Gasteiger partial charge in [0.25, 0.3) is 0 Å². The third kappa shape index (κ3) is 3.54. The molecule has 0 saturated carbocycles. The summed E-state index contributed by atoms with van der Waals surface area (Å²) < 4.78 is 6.94. The second kappa shape index (κ2) is 6.47. The number of benzene rings is 2. The number of hydrogen-bond donors (Lipinski definition) is 2. The summed E-state index contributed by atoms with van der Waals surface area (Å²) in [5, 5.41) is 13.1. The molecule has 0 aliphatic carbocycles. The Morgan fingerprint density at radius 2 is 2.05 bits per heavy atom. The van der Waals surface area contributed by atoms with Gasteiger partial charge < -0.3 is 15.2 Å². The maximum atomic E-state index is 9.76. The number of phenolic OH excluding ortho intramolecular Hbond substituents is 1. The molecular weight excluding hydrogens is 421 g/mol. The lowest BCUT2D eigenvalue weighted by atomic mass is 10.2. The Morgan fingerprint density at radius 1 is 1.32 bits per heavy atom. The van der Waals surface area contributed by atoms with Gasteiger partial charge in [0.05, 0.1) is 11.6 Å². The van der Waals surface area contributed by atoms with Crippen LogP contribution in [0.3, 0.4) is 0 Å². The van der Waals surface area contributed by atoms with E-state index in [9.17, 15) is 5.11 Å². The van der Waals surface area contributed by atoms with Crippen LogP contribution in [-0.4, -0.2) is 12.2 Å². The average molecular weight is 434 g/mol. The highest BCUT2D eigenvalue weighted by molar-refractivity contribution is 14.1. The minimum absolute atomic E-state index is 0.126. The van der Waals surface area contributed by atoms with E-state index < -0.39 is 0 Å². The van der Waals surface area contributed by atoms with E-state index in [-0.39, 0.29) is 5.75 Å². The molecule has 0 spiro atoms. The van der Waals surface area contributed by atoms with E-state index in [2.05, 4.69) is 49.9 Å². The summed E-state index contributed by atoms with van der Waals surface area (Å²) in [6.07, 6.45) is 0. The maximum Gasteiger partial charge on any atom is 0.172 e. The van der Waals surface area contributed by atoms with Crippen molar-refractivity contribution in [3.05, 3.63) is 50.0 Å². The van der Waals surface area contributed by atoms with Gasteiger partial charge in [0.2, 0.25) is 0 Å².